The summed E-state index contributed by atoms with van der Waals surface area (Å²) in [6.45, 7) is 1.97. The number of thioether (sulfide) groups is 1. The molecule has 0 aliphatic carbocycles. The van der Waals surface area contributed by atoms with Crippen molar-refractivity contribution in [3.63, 3.8) is 0 Å². The largest absolute Gasteiger partial charge is 0.467 e. The van der Waals surface area contributed by atoms with Crippen molar-refractivity contribution in [3.8, 4) is 0 Å². The number of carbonyl (C=O) groups excluding carboxylic acids is 3. The maximum Gasteiger partial charge on any atom is 0.328 e. The summed E-state index contributed by atoms with van der Waals surface area (Å²) < 4.78 is 4.69. The lowest BCUT2D eigenvalue weighted by Crippen LogP contribution is -2.38. The lowest BCUT2D eigenvalue weighted by Gasteiger charge is -2.13. The summed E-state index contributed by atoms with van der Waals surface area (Å²) >= 11 is 1.48. The van der Waals surface area contributed by atoms with E-state index in [0.717, 1.165) is 27.1 Å². The van der Waals surface area contributed by atoms with Crippen molar-refractivity contribution < 1.29 is 19.1 Å². The number of hydrogen-bond acceptors (Lipinski definition) is 5. The quantitative estimate of drug-likeness (QED) is 0.473. The molecule has 0 bridgehead atoms. The molecule has 6 heteroatoms. The van der Waals surface area contributed by atoms with Gasteiger partial charge in [-0.05, 0) is 36.3 Å². The van der Waals surface area contributed by atoms with Crippen molar-refractivity contribution >= 4 is 36.0 Å². The molecule has 0 saturated heterocycles. The van der Waals surface area contributed by atoms with Crippen LogP contribution in [0.2, 0.25) is 0 Å². The van der Waals surface area contributed by atoms with Crippen LogP contribution in [0.4, 0.5) is 0 Å². The molecule has 0 saturated carbocycles. The van der Waals surface area contributed by atoms with Gasteiger partial charge in [0.2, 0.25) is 12.2 Å². The van der Waals surface area contributed by atoms with Crippen LogP contribution < -0.4 is 5.32 Å². The molecule has 1 aliphatic heterocycles. The van der Waals surface area contributed by atoms with E-state index in [0.29, 0.717) is 17.7 Å². The molecule has 1 atom stereocenters. The molecule has 0 fully saturated rings. The highest BCUT2D eigenvalue weighted by molar-refractivity contribution is 8.04. The Morgan fingerprint density at radius 3 is 2.63 bits per heavy atom. The van der Waals surface area contributed by atoms with Gasteiger partial charge in [-0.15, -0.1) is 0 Å². The average molecular weight is 381 g/mol. The number of allylic oxidation sites excluding steroid dienone is 1. The summed E-state index contributed by atoms with van der Waals surface area (Å²) in [6, 6.07) is 12.7. The topological polar surface area (TPSA) is 72.5 Å². The molecule has 3 rings (SSSR count). The molecule has 1 N–H and O–H groups in total. The van der Waals surface area contributed by atoms with Crippen molar-refractivity contribution in [2.75, 3.05) is 7.11 Å². The molecule has 138 valence electrons. The van der Waals surface area contributed by atoms with Crippen molar-refractivity contribution in [2.24, 2.45) is 0 Å². The molecule has 2 aromatic rings. The molecule has 2 aromatic carbocycles. The second kappa shape index (κ2) is 8.22. The van der Waals surface area contributed by atoms with E-state index in [1.54, 1.807) is 0 Å². The first-order chi connectivity index (χ1) is 13.0. The number of ether oxygens (including phenoxy) is 1. The fourth-order valence-electron chi connectivity index (χ4n) is 2.87. The Hall–Kier alpha value is -2.86. The van der Waals surface area contributed by atoms with Crippen molar-refractivity contribution in [1.29, 1.82) is 0 Å². The summed E-state index contributed by atoms with van der Waals surface area (Å²) in [5.41, 5.74) is 3.60. The Bertz CT molecular complexity index is 918. The van der Waals surface area contributed by atoms with Gasteiger partial charge in [-0.1, -0.05) is 47.7 Å². The number of hydrogen-bond donors (Lipinski definition) is 1. The zero-order valence-electron chi connectivity index (χ0n) is 15.0. The molecule has 27 heavy (non-hydrogen) atoms. The summed E-state index contributed by atoms with van der Waals surface area (Å²) in [5, 5.41) is 2.46. The van der Waals surface area contributed by atoms with Crippen molar-refractivity contribution in [2.45, 2.75) is 24.3 Å². The van der Waals surface area contributed by atoms with Crippen molar-refractivity contribution in [1.82, 2.24) is 5.32 Å². The third-order valence-electron chi connectivity index (χ3n) is 4.30. The highest BCUT2D eigenvalue weighted by Gasteiger charge is 2.25. The SMILES string of the molecule is COC(=O)[C@H](Cc1ccc(/C=C2/Sc3ccc(C)cc3C2=O)cc1)NC=O. The van der Waals surface area contributed by atoms with Crippen LogP contribution in [0.25, 0.3) is 6.08 Å². The minimum absolute atomic E-state index is 0.0451. The van der Waals surface area contributed by atoms with E-state index in [4.69, 9.17) is 4.74 Å². The predicted molar refractivity (Wildman–Crippen MR) is 104 cm³/mol. The number of nitrogens with one attached hydrogen (secondary N) is 1. The standard InChI is InChI=1S/C21H19NO4S/c1-13-3-8-18-16(9-13)20(24)19(27-18)11-15-6-4-14(5-7-15)10-17(22-12-23)21(25)26-2/h3-9,11-12,17H,10H2,1-2H3,(H,22,23)/b19-11+/t17-/m0/s1. The number of rotatable bonds is 6. The Labute approximate surface area is 161 Å². The van der Waals surface area contributed by atoms with Crippen LogP contribution in [0.1, 0.15) is 27.0 Å². The first kappa shape index (κ1) is 18.9. The van der Waals surface area contributed by atoms with E-state index >= 15 is 0 Å². The molecule has 0 spiro atoms. The first-order valence-corrected chi connectivity index (χ1v) is 9.25. The fraction of sp³-hybridized carbons (Fsp3) is 0.190. The molecule has 1 heterocycles. The second-order valence-corrected chi connectivity index (χ2v) is 7.33. The fourth-order valence-corrected chi connectivity index (χ4v) is 3.91. The van der Waals surface area contributed by atoms with Gasteiger partial charge in [-0.3, -0.25) is 9.59 Å². The highest BCUT2D eigenvalue weighted by Crippen LogP contribution is 2.41. The monoisotopic (exact) mass is 381 g/mol. The van der Waals surface area contributed by atoms with Crippen molar-refractivity contribution in [3.05, 3.63) is 69.6 Å². The van der Waals surface area contributed by atoms with Crippen LogP contribution in [0, 0.1) is 6.92 Å². The maximum absolute atomic E-state index is 12.6. The second-order valence-electron chi connectivity index (χ2n) is 6.25. The van der Waals surface area contributed by atoms with Crippen LogP contribution in [0.5, 0.6) is 0 Å². The number of ketones is 1. The number of fused-ring (bicyclic) bond motifs is 1. The molecule has 1 amide bonds. The Morgan fingerprint density at radius 1 is 1.22 bits per heavy atom. The summed E-state index contributed by atoms with van der Waals surface area (Å²) in [5.74, 6) is -0.446. The van der Waals surface area contributed by atoms with E-state index in [2.05, 4.69) is 5.32 Å². The van der Waals surface area contributed by atoms with Crippen LogP contribution >= 0.6 is 11.8 Å². The molecule has 1 aliphatic rings. The van der Waals surface area contributed by atoms with Crippen LogP contribution in [-0.4, -0.2) is 31.3 Å². The Morgan fingerprint density at radius 2 is 1.96 bits per heavy atom. The number of amides is 1. The number of Topliss-reactive ketones (excluding diaryl/α,β-unsaturated/α-hetero) is 1. The number of esters is 1. The molecule has 5 nitrogen and oxygen atoms in total. The smallest absolute Gasteiger partial charge is 0.328 e. The molecular weight excluding hydrogens is 362 g/mol. The highest BCUT2D eigenvalue weighted by atomic mass is 32.2. The molecule has 0 aromatic heterocycles. The third kappa shape index (κ3) is 4.28. The van der Waals surface area contributed by atoms with E-state index in [1.165, 1.54) is 18.9 Å². The predicted octanol–water partition coefficient (Wildman–Crippen LogP) is 3.15. The molecule has 0 unspecified atom stereocenters. The van der Waals surface area contributed by atoms with Gasteiger partial charge in [0.25, 0.3) is 0 Å². The van der Waals surface area contributed by atoms with Gasteiger partial charge < -0.3 is 10.1 Å². The van der Waals surface area contributed by atoms with Gasteiger partial charge in [0.15, 0.2) is 0 Å². The summed E-state index contributed by atoms with van der Waals surface area (Å²) in [7, 11) is 1.28. The van der Waals surface area contributed by atoms with E-state index in [9.17, 15) is 14.4 Å². The lowest BCUT2D eigenvalue weighted by atomic mass is 10.0. The van der Waals surface area contributed by atoms with Crippen LogP contribution in [0.15, 0.2) is 52.3 Å². The third-order valence-corrected chi connectivity index (χ3v) is 5.39. The normalized spacial score (nSPS) is 15.3. The summed E-state index contributed by atoms with van der Waals surface area (Å²) in [4.78, 5) is 36.6. The Kier molecular flexibility index (Phi) is 5.76. The van der Waals surface area contributed by atoms with Gasteiger partial charge in [-0.25, -0.2) is 4.79 Å². The number of methoxy groups -OCH3 is 1. The zero-order chi connectivity index (χ0) is 19.4. The molecule has 0 radical (unpaired) electrons. The number of benzene rings is 2. The Balaban J connectivity index is 1.74. The van der Waals surface area contributed by atoms with E-state index in [-0.39, 0.29) is 5.78 Å². The van der Waals surface area contributed by atoms with Gasteiger partial charge in [0.05, 0.1) is 12.0 Å². The van der Waals surface area contributed by atoms with Gasteiger partial charge in [0, 0.05) is 16.9 Å². The number of aryl methyl sites for hydroxylation is 1. The van der Waals surface area contributed by atoms with Crippen LogP contribution in [-0.2, 0) is 20.7 Å². The first-order valence-electron chi connectivity index (χ1n) is 8.43. The lowest BCUT2D eigenvalue weighted by molar-refractivity contribution is -0.144. The molecular formula is C21H19NO4S. The zero-order valence-corrected chi connectivity index (χ0v) is 15.8. The van der Waals surface area contributed by atoms with Crippen LogP contribution in [0.3, 0.4) is 0 Å². The summed E-state index contributed by atoms with van der Waals surface area (Å²) in [6.07, 6.45) is 2.69. The maximum atomic E-state index is 12.6. The van der Waals surface area contributed by atoms with E-state index < -0.39 is 12.0 Å². The minimum Gasteiger partial charge on any atom is -0.467 e. The van der Waals surface area contributed by atoms with Gasteiger partial charge in [0.1, 0.15) is 6.04 Å². The average Bonchev–Trinajstić information content (AvgIpc) is 2.97. The minimum atomic E-state index is -0.721. The van der Waals surface area contributed by atoms with Gasteiger partial charge in [-0.2, -0.15) is 0 Å². The van der Waals surface area contributed by atoms with E-state index in [1.807, 2.05) is 55.5 Å². The van der Waals surface area contributed by atoms with Gasteiger partial charge >= 0.3 is 5.97 Å². The number of carbonyl (C=O) groups is 3.